The number of thiophene rings is 1. The third-order valence-electron chi connectivity index (χ3n) is 0.881. The molecular weight excluding hydrogens is 140 g/mol. The molecule has 0 atom stereocenters. The molecule has 0 aliphatic heterocycles. The molecular formula is C5H4O3S. The summed E-state index contributed by atoms with van der Waals surface area (Å²) in [6.45, 7) is 0. The van der Waals surface area contributed by atoms with Crippen LogP contribution in [0.4, 0.5) is 0 Å². The van der Waals surface area contributed by atoms with Crippen LogP contribution in [0.2, 0.25) is 0 Å². The quantitative estimate of drug-likeness (QED) is 0.577. The van der Waals surface area contributed by atoms with Gasteiger partial charge in [-0.15, -0.1) is 11.3 Å². The van der Waals surface area contributed by atoms with Crippen LogP contribution in [0, 0.1) is 0 Å². The molecule has 1 aromatic rings. The van der Waals surface area contributed by atoms with Crippen LogP contribution in [0.3, 0.4) is 0 Å². The van der Waals surface area contributed by atoms with Crippen LogP contribution in [0.25, 0.3) is 0 Å². The maximum atomic E-state index is 9.98. The van der Waals surface area contributed by atoms with Gasteiger partial charge in [0.05, 0.1) is 0 Å². The van der Waals surface area contributed by atoms with Crippen molar-refractivity contribution in [1.82, 2.24) is 0 Å². The Balaban J connectivity index is 3.18. The number of rotatable bonds is 1. The van der Waals surface area contributed by atoms with Gasteiger partial charge in [0, 0.05) is 5.38 Å². The van der Waals surface area contributed by atoms with Crippen molar-refractivity contribution in [3.05, 3.63) is 10.3 Å². The molecule has 4 heteroatoms. The normalized spacial score (nSPS) is 9.33. The summed E-state index contributed by atoms with van der Waals surface area (Å²) in [4.78, 5) is 10.1. The molecule has 48 valence electrons. The van der Waals surface area contributed by atoms with E-state index in [0.29, 0.717) is 6.29 Å². The Morgan fingerprint density at radius 2 is 2.22 bits per heavy atom. The molecule has 0 aliphatic rings. The molecule has 0 saturated heterocycles. The molecule has 0 aromatic carbocycles. The lowest BCUT2D eigenvalue weighted by Gasteiger charge is -1.84. The summed E-state index contributed by atoms with van der Waals surface area (Å²) in [6, 6.07) is 0. The molecule has 2 N–H and O–H groups in total. The topological polar surface area (TPSA) is 57.5 Å². The predicted molar refractivity (Wildman–Crippen MR) is 33.0 cm³/mol. The third kappa shape index (κ3) is 0.882. The van der Waals surface area contributed by atoms with Crippen molar-refractivity contribution in [3.63, 3.8) is 0 Å². The van der Waals surface area contributed by atoms with Crippen molar-refractivity contribution in [2.45, 2.75) is 0 Å². The smallest absolute Gasteiger partial charge is 0.179 e. The number of aldehydes is 1. The zero-order valence-electron chi connectivity index (χ0n) is 4.37. The van der Waals surface area contributed by atoms with Crippen molar-refractivity contribution in [2.75, 3.05) is 0 Å². The number of hydrogen-bond acceptors (Lipinski definition) is 4. The highest BCUT2D eigenvalue weighted by atomic mass is 32.1. The van der Waals surface area contributed by atoms with Crippen molar-refractivity contribution in [1.29, 1.82) is 0 Å². The molecule has 1 heterocycles. The number of carbonyl (C=O) groups is 1. The van der Waals surface area contributed by atoms with Crippen LogP contribution in [-0.2, 0) is 0 Å². The fourth-order valence-electron chi connectivity index (χ4n) is 0.441. The first kappa shape index (κ1) is 6.10. The zero-order chi connectivity index (χ0) is 6.85. The summed E-state index contributed by atoms with van der Waals surface area (Å²) >= 11 is 1.01. The maximum Gasteiger partial charge on any atom is 0.179 e. The van der Waals surface area contributed by atoms with Crippen molar-refractivity contribution < 1.29 is 15.0 Å². The average Bonchev–Trinajstić information content (AvgIpc) is 2.15. The van der Waals surface area contributed by atoms with Crippen LogP contribution >= 0.6 is 11.3 Å². The lowest BCUT2D eigenvalue weighted by Crippen LogP contribution is -1.68. The Kier molecular flexibility index (Phi) is 1.40. The van der Waals surface area contributed by atoms with Crippen LogP contribution in [0.15, 0.2) is 5.38 Å². The Labute approximate surface area is 55.2 Å². The van der Waals surface area contributed by atoms with Crippen LogP contribution in [0.5, 0.6) is 11.5 Å². The van der Waals surface area contributed by atoms with Gasteiger partial charge in [0.1, 0.15) is 4.88 Å². The molecule has 3 nitrogen and oxygen atoms in total. The lowest BCUT2D eigenvalue weighted by molar-refractivity contribution is 0.112. The van der Waals surface area contributed by atoms with E-state index in [1.165, 1.54) is 5.38 Å². The average molecular weight is 144 g/mol. The molecule has 9 heavy (non-hydrogen) atoms. The summed E-state index contributed by atoms with van der Waals surface area (Å²) < 4.78 is 0. The molecule has 1 rings (SSSR count). The molecule has 0 radical (unpaired) electrons. The Morgan fingerprint density at radius 1 is 1.56 bits per heavy atom. The van der Waals surface area contributed by atoms with Crippen molar-refractivity contribution >= 4 is 17.6 Å². The molecule has 0 amide bonds. The minimum atomic E-state index is -0.324. The van der Waals surface area contributed by atoms with Crippen LogP contribution in [-0.4, -0.2) is 16.5 Å². The van der Waals surface area contributed by atoms with Crippen molar-refractivity contribution in [3.8, 4) is 11.5 Å². The van der Waals surface area contributed by atoms with E-state index in [1.54, 1.807) is 0 Å². The highest BCUT2D eigenvalue weighted by Crippen LogP contribution is 2.33. The Morgan fingerprint density at radius 3 is 2.44 bits per heavy atom. The monoisotopic (exact) mass is 144 g/mol. The second-order valence-corrected chi connectivity index (χ2v) is 2.36. The van der Waals surface area contributed by atoms with E-state index in [0.717, 1.165) is 11.3 Å². The second kappa shape index (κ2) is 2.06. The predicted octanol–water partition coefficient (Wildman–Crippen LogP) is 0.972. The van der Waals surface area contributed by atoms with E-state index in [2.05, 4.69) is 0 Å². The van der Waals surface area contributed by atoms with E-state index < -0.39 is 0 Å². The van der Waals surface area contributed by atoms with Crippen LogP contribution in [0.1, 0.15) is 9.67 Å². The van der Waals surface area contributed by atoms with Gasteiger partial charge in [0.15, 0.2) is 17.8 Å². The summed E-state index contributed by atoms with van der Waals surface area (Å²) in [7, 11) is 0. The number of carbonyl (C=O) groups excluding carboxylic acids is 1. The summed E-state index contributed by atoms with van der Waals surface area (Å²) in [6.07, 6.45) is 0.500. The fourth-order valence-corrected chi connectivity index (χ4v) is 1.06. The Bertz CT molecular complexity index is 228. The highest BCUT2D eigenvalue weighted by molar-refractivity contribution is 7.12. The van der Waals surface area contributed by atoms with Crippen molar-refractivity contribution in [2.24, 2.45) is 0 Å². The second-order valence-electron chi connectivity index (χ2n) is 1.45. The summed E-state index contributed by atoms with van der Waals surface area (Å²) in [5, 5.41) is 18.7. The van der Waals surface area contributed by atoms with Gasteiger partial charge >= 0.3 is 0 Å². The van der Waals surface area contributed by atoms with Gasteiger partial charge in [0.2, 0.25) is 0 Å². The first-order valence-electron chi connectivity index (χ1n) is 2.20. The molecule has 0 fully saturated rings. The van der Waals surface area contributed by atoms with Gasteiger partial charge in [-0.3, -0.25) is 4.79 Å². The van der Waals surface area contributed by atoms with Crippen LogP contribution < -0.4 is 0 Å². The molecule has 0 unspecified atom stereocenters. The summed E-state index contributed by atoms with van der Waals surface area (Å²) in [5.74, 6) is -0.558. The number of hydrogen-bond donors (Lipinski definition) is 2. The molecule has 0 spiro atoms. The van der Waals surface area contributed by atoms with E-state index in [-0.39, 0.29) is 16.4 Å². The van der Waals surface area contributed by atoms with E-state index in [9.17, 15) is 4.79 Å². The first-order valence-corrected chi connectivity index (χ1v) is 3.08. The van der Waals surface area contributed by atoms with Gasteiger partial charge in [0.25, 0.3) is 0 Å². The number of aromatic hydroxyl groups is 2. The SMILES string of the molecule is O=Cc1scc(O)c1O. The van der Waals surface area contributed by atoms with Gasteiger partial charge in [-0.1, -0.05) is 0 Å². The van der Waals surface area contributed by atoms with E-state index in [4.69, 9.17) is 10.2 Å². The molecule has 0 aliphatic carbocycles. The third-order valence-corrected chi connectivity index (χ3v) is 1.77. The zero-order valence-corrected chi connectivity index (χ0v) is 5.18. The first-order chi connectivity index (χ1) is 4.25. The van der Waals surface area contributed by atoms with Gasteiger partial charge < -0.3 is 10.2 Å². The standard InChI is InChI=1S/C5H4O3S/c6-1-4-5(8)3(7)2-9-4/h1-2,7-8H. The summed E-state index contributed by atoms with van der Waals surface area (Å²) in [5.41, 5.74) is 0. The van der Waals surface area contributed by atoms with E-state index in [1.807, 2.05) is 0 Å². The molecule has 0 bridgehead atoms. The lowest BCUT2D eigenvalue weighted by atomic mass is 10.4. The molecule has 0 saturated carbocycles. The van der Waals surface area contributed by atoms with Gasteiger partial charge in [-0.25, -0.2) is 0 Å². The molecule has 1 aromatic heterocycles. The largest absolute Gasteiger partial charge is 0.504 e. The van der Waals surface area contributed by atoms with E-state index >= 15 is 0 Å². The van der Waals surface area contributed by atoms with Gasteiger partial charge in [-0.05, 0) is 0 Å². The highest BCUT2D eigenvalue weighted by Gasteiger charge is 2.06. The minimum Gasteiger partial charge on any atom is -0.504 e. The Hall–Kier alpha value is -1.03. The van der Waals surface area contributed by atoms with Gasteiger partial charge in [-0.2, -0.15) is 0 Å². The maximum absolute atomic E-state index is 9.98. The fraction of sp³-hybridized carbons (Fsp3) is 0. The minimum absolute atomic E-state index is 0.160.